The summed E-state index contributed by atoms with van der Waals surface area (Å²) in [6.07, 6.45) is 0.0667. The van der Waals surface area contributed by atoms with E-state index >= 15 is 0 Å². The molecule has 0 saturated carbocycles. The number of alkyl halides is 3. The molecular formula is C23H18Cl2F3N5O. The second-order valence-corrected chi connectivity index (χ2v) is 8.42. The van der Waals surface area contributed by atoms with Gasteiger partial charge in [-0.2, -0.15) is 13.2 Å². The molecule has 34 heavy (non-hydrogen) atoms. The lowest BCUT2D eigenvalue weighted by Gasteiger charge is -2.18. The summed E-state index contributed by atoms with van der Waals surface area (Å²) in [5.74, 6) is -0.657. The molecule has 0 saturated heterocycles. The van der Waals surface area contributed by atoms with Crippen molar-refractivity contribution in [3.05, 3.63) is 93.6 Å². The van der Waals surface area contributed by atoms with Crippen LogP contribution in [0, 0.1) is 0 Å². The Morgan fingerprint density at radius 1 is 1.09 bits per heavy atom. The zero-order chi connectivity index (χ0) is 24.5. The zero-order valence-electron chi connectivity index (χ0n) is 17.8. The molecule has 4 aromatic rings. The summed E-state index contributed by atoms with van der Waals surface area (Å²) in [7, 11) is 1.71. The molecule has 0 unspecified atom stereocenters. The molecule has 176 valence electrons. The summed E-state index contributed by atoms with van der Waals surface area (Å²) < 4.78 is 43.0. The first kappa shape index (κ1) is 24.0. The topological polar surface area (TPSA) is 62.5 Å². The molecule has 11 heteroatoms. The van der Waals surface area contributed by atoms with Gasteiger partial charge in [-0.1, -0.05) is 35.3 Å². The number of hydrogen-bond acceptors (Lipinski definition) is 4. The van der Waals surface area contributed by atoms with E-state index in [1.807, 2.05) is 6.07 Å². The van der Waals surface area contributed by atoms with Gasteiger partial charge in [0.05, 0.1) is 27.0 Å². The average molecular weight is 508 g/mol. The molecular weight excluding hydrogens is 490 g/mol. The number of carbonyl (C=O) groups excluding carboxylic acids is 1. The van der Waals surface area contributed by atoms with Gasteiger partial charge in [0.2, 0.25) is 0 Å². The summed E-state index contributed by atoms with van der Waals surface area (Å²) in [4.78, 5) is 22.4. The first-order valence-electron chi connectivity index (χ1n) is 10.0. The molecule has 1 aromatic carbocycles. The van der Waals surface area contributed by atoms with Gasteiger partial charge in [-0.15, -0.1) is 0 Å². The number of imidazole rings is 1. The molecule has 0 aliphatic carbocycles. The van der Waals surface area contributed by atoms with Crippen molar-refractivity contribution in [3.8, 4) is 0 Å². The number of benzene rings is 1. The molecule has 3 aromatic heterocycles. The Morgan fingerprint density at radius 2 is 1.82 bits per heavy atom. The van der Waals surface area contributed by atoms with Crippen LogP contribution in [-0.2, 0) is 19.3 Å². The Bertz CT molecular complexity index is 1320. The van der Waals surface area contributed by atoms with E-state index in [0.717, 1.165) is 5.56 Å². The molecule has 6 nitrogen and oxygen atoms in total. The van der Waals surface area contributed by atoms with E-state index in [1.165, 1.54) is 34.9 Å². The third-order valence-electron chi connectivity index (χ3n) is 5.05. The van der Waals surface area contributed by atoms with Crippen LogP contribution in [0.5, 0.6) is 0 Å². The van der Waals surface area contributed by atoms with Crippen LogP contribution in [0.3, 0.4) is 0 Å². The third kappa shape index (κ3) is 5.01. The Balaban J connectivity index is 1.71. The van der Waals surface area contributed by atoms with Crippen molar-refractivity contribution in [1.82, 2.24) is 19.3 Å². The summed E-state index contributed by atoms with van der Waals surface area (Å²) in [6, 6.07) is 11.2. The zero-order valence-corrected chi connectivity index (χ0v) is 19.3. The fourth-order valence-electron chi connectivity index (χ4n) is 3.61. The quantitative estimate of drug-likeness (QED) is 0.350. The minimum Gasteiger partial charge on any atom is -0.319 e. The summed E-state index contributed by atoms with van der Waals surface area (Å²) in [5, 5.41) is 2.83. The number of carbonyl (C=O) groups is 1. The minimum atomic E-state index is -4.69. The van der Waals surface area contributed by atoms with Gasteiger partial charge in [0, 0.05) is 31.7 Å². The fourth-order valence-corrected chi connectivity index (χ4v) is 4.18. The predicted octanol–water partition coefficient (Wildman–Crippen LogP) is 5.94. The molecule has 0 atom stereocenters. The van der Waals surface area contributed by atoms with Crippen LogP contribution in [0.4, 0.5) is 18.9 Å². The van der Waals surface area contributed by atoms with E-state index in [4.69, 9.17) is 23.2 Å². The van der Waals surface area contributed by atoms with Gasteiger partial charge in [-0.05, 0) is 42.9 Å². The van der Waals surface area contributed by atoms with Gasteiger partial charge in [0.15, 0.2) is 11.3 Å². The van der Waals surface area contributed by atoms with Crippen LogP contribution in [0.15, 0.2) is 61.1 Å². The standard InChI is InChI=1S/C23H18Cl2F3N5O/c1-32(12-14-5-3-9-29-11-14)13-18-20(23(26,27)28)31-21-17(8-4-10-33(18)21)30-22(34)19-15(24)6-2-7-16(19)25/h2-11H,12-13H2,1H3,(H,30,34). The SMILES string of the molecule is CN(Cc1cccnc1)Cc1c(C(F)(F)F)nc2c(NC(=O)c3c(Cl)cccc3Cl)cccn12. The largest absolute Gasteiger partial charge is 0.435 e. The van der Waals surface area contributed by atoms with Crippen LogP contribution >= 0.6 is 23.2 Å². The van der Waals surface area contributed by atoms with E-state index in [9.17, 15) is 18.0 Å². The number of nitrogens with one attached hydrogen (secondary N) is 1. The predicted molar refractivity (Wildman–Crippen MR) is 124 cm³/mol. The average Bonchev–Trinajstić information content (AvgIpc) is 3.14. The highest BCUT2D eigenvalue weighted by molar-refractivity contribution is 6.40. The van der Waals surface area contributed by atoms with Crippen molar-refractivity contribution in [3.63, 3.8) is 0 Å². The van der Waals surface area contributed by atoms with E-state index in [1.54, 1.807) is 36.5 Å². The van der Waals surface area contributed by atoms with Crippen LogP contribution in [0.1, 0.15) is 27.3 Å². The molecule has 0 spiro atoms. The lowest BCUT2D eigenvalue weighted by molar-refractivity contribution is -0.141. The van der Waals surface area contributed by atoms with Crippen molar-refractivity contribution < 1.29 is 18.0 Å². The number of anilines is 1. The highest BCUT2D eigenvalue weighted by Crippen LogP contribution is 2.34. The number of aromatic nitrogens is 3. The normalized spacial score (nSPS) is 11.9. The van der Waals surface area contributed by atoms with E-state index in [-0.39, 0.29) is 39.2 Å². The Hall–Kier alpha value is -3.14. The van der Waals surface area contributed by atoms with Crippen molar-refractivity contribution in [2.75, 3.05) is 12.4 Å². The van der Waals surface area contributed by atoms with E-state index in [0.29, 0.717) is 6.54 Å². The number of fused-ring (bicyclic) bond motifs is 1. The number of nitrogens with zero attached hydrogens (tertiary/aromatic N) is 4. The number of halogens is 5. The third-order valence-corrected chi connectivity index (χ3v) is 5.68. The Kier molecular flexibility index (Phi) is 6.79. The summed E-state index contributed by atoms with van der Waals surface area (Å²) >= 11 is 12.2. The second-order valence-electron chi connectivity index (χ2n) is 7.60. The van der Waals surface area contributed by atoms with Gasteiger partial charge in [0.1, 0.15) is 0 Å². The Morgan fingerprint density at radius 3 is 2.47 bits per heavy atom. The monoisotopic (exact) mass is 507 g/mol. The number of rotatable bonds is 6. The fraction of sp³-hybridized carbons (Fsp3) is 0.174. The highest BCUT2D eigenvalue weighted by Gasteiger charge is 2.38. The van der Waals surface area contributed by atoms with Crippen molar-refractivity contribution in [2.24, 2.45) is 0 Å². The molecule has 3 heterocycles. The number of amides is 1. The van der Waals surface area contributed by atoms with Gasteiger partial charge < -0.3 is 9.72 Å². The van der Waals surface area contributed by atoms with Crippen LogP contribution < -0.4 is 5.32 Å². The van der Waals surface area contributed by atoms with Crippen LogP contribution in [0.2, 0.25) is 10.0 Å². The molecule has 0 radical (unpaired) electrons. The molecule has 1 amide bonds. The summed E-state index contributed by atoms with van der Waals surface area (Å²) in [6.45, 7) is 0.346. The Labute approximate surface area is 203 Å². The van der Waals surface area contributed by atoms with Crippen molar-refractivity contribution in [1.29, 1.82) is 0 Å². The minimum absolute atomic E-state index is 0.0202. The lowest BCUT2D eigenvalue weighted by atomic mass is 10.2. The maximum Gasteiger partial charge on any atom is 0.435 e. The van der Waals surface area contributed by atoms with Crippen molar-refractivity contribution >= 4 is 40.4 Å². The maximum atomic E-state index is 13.9. The van der Waals surface area contributed by atoms with Gasteiger partial charge in [-0.3, -0.25) is 14.7 Å². The molecule has 0 aliphatic rings. The molecule has 1 N–H and O–H groups in total. The first-order chi connectivity index (χ1) is 16.1. The van der Waals surface area contributed by atoms with E-state index < -0.39 is 17.8 Å². The lowest BCUT2D eigenvalue weighted by Crippen LogP contribution is -2.21. The number of pyridine rings is 2. The molecule has 0 bridgehead atoms. The number of hydrogen-bond donors (Lipinski definition) is 1. The van der Waals surface area contributed by atoms with Gasteiger partial charge in [-0.25, -0.2) is 4.98 Å². The smallest absolute Gasteiger partial charge is 0.319 e. The van der Waals surface area contributed by atoms with Gasteiger partial charge >= 0.3 is 6.18 Å². The molecule has 4 rings (SSSR count). The van der Waals surface area contributed by atoms with Crippen molar-refractivity contribution in [2.45, 2.75) is 19.3 Å². The van der Waals surface area contributed by atoms with Crippen LogP contribution in [0.25, 0.3) is 5.65 Å². The summed E-state index contributed by atoms with van der Waals surface area (Å²) in [5.41, 5.74) is -0.154. The van der Waals surface area contributed by atoms with Gasteiger partial charge in [0.25, 0.3) is 5.91 Å². The maximum absolute atomic E-state index is 13.9. The van der Waals surface area contributed by atoms with Crippen LogP contribution in [-0.4, -0.2) is 32.2 Å². The highest BCUT2D eigenvalue weighted by atomic mass is 35.5. The first-order valence-corrected chi connectivity index (χ1v) is 10.8. The van der Waals surface area contributed by atoms with E-state index in [2.05, 4.69) is 15.3 Å². The molecule has 0 aliphatic heterocycles. The molecule has 0 fully saturated rings. The second kappa shape index (κ2) is 9.61.